The standard InChI is InChI=1S/C24H18F4N2O6S/c1-33-22-21(15-7-3-4-8-17(15)29-23(22)34-2)35-18-12-11-14(13-16(18)25)30-37(31,32)20-10-6-5-9-19(20)36-24(26,27)28/h3-13,30H,1-2H3. The van der Waals surface area contributed by atoms with Crippen LogP contribution in [0, 0.1) is 5.82 Å². The van der Waals surface area contributed by atoms with Gasteiger partial charge in [0.05, 0.1) is 25.4 Å². The van der Waals surface area contributed by atoms with E-state index in [1.165, 1.54) is 32.4 Å². The van der Waals surface area contributed by atoms with Crippen LogP contribution in [0.2, 0.25) is 0 Å². The highest BCUT2D eigenvalue weighted by Gasteiger charge is 2.34. The molecule has 4 aromatic rings. The number of nitrogens with one attached hydrogen (secondary N) is 1. The predicted molar refractivity (Wildman–Crippen MR) is 125 cm³/mol. The van der Waals surface area contributed by atoms with Crippen molar-refractivity contribution in [1.29, 1.82) is 0 Å². The second-order valence-corrected chi connectivity index (χ2v) is 9.00. The summed E-state index contributed by atoms with van der Waals surface area (Å²) in [5, 5.41) is 0.491. The van der Waals surface area contributed by atoms with E-state index in [4.69, 9.17) is 14.2 Å². The van der Waals surface area contributed by atoms with Crippen LogP contribution in [-0.4, -0.2) is 34.0 Å². The second-order valence-electron chi connectivity index (χ2n) is 7.35. The molecule has 0 saturated carbocycles. The highest BCUT2D eigenvalue weighted by Crippen LogP contribution is 2.44. The van der Waals surface area contributed by atoms with Crippen molar-refractivity contribution in [2.75, 3.05) is 18.9 Å². The molecule has 0 aliphatic carbocycles. The lowest BCUT2D eigenvalue weighted by atomic mass is 10.2. The van der Waals surface area contributed by atoms with E-state index in [0.717, 1.165) is 24.3 Å². The number of para-hydroxylation sites is 2. The van der Waals surface area contributed by atoms with Gasteiger partial charge in [-0.05, 0) is 36.4 Å². The minimum Gasteiger partial charge on any atom is -0.489 e. The number of ether oxygens (including phenoxy) is 4. The first-order chi connectivity index (χ1) is 17.5. The topological polar surface area (TPSA) is 96.0 Å². The largest absolute Gasteiger partial charge is 0.573 e. The fourth-order valence-corrected chi connectivity index (χ4v) is 4.59. The first kappa shape index (κ1) is 25.8. The Bertz CT molecular complexity index is 1560. The summed E-state index contributed by atoms with van der Waals surface area (Å²) in [6.45, 7) is 0. The van der Waals surface area contributed by atoms with Gasteiger partial charge in [-0.15, -0.1) is 13.2 Å². The monoisotopic (exact) mass is 538 g/mol. The number of nitrogens with zero attached hydrogens (tertiary/aromatic N) is 1. The maximum absolute atomic E-state index is 15.0. The van der Waals surface area contributed by atoms with Crippen LogP contribution in [-0.2, 0) is 10.0 Å². The zero-order valence-electron chi connectivity index (χ0n) is 19.2. The lowest BCUT2D eigenvalue weighted by Gasteiger charge is -2.17. The Balaban J connectivity index is 1.66. The number of benzene rings is 3. The molecule has 0 saturated heterocycles. The van der Waals surface area contributed by atoms with Crippen LogP contribution in [0.1, 0.15) is 0 Å². The lowest BCUT2D eigenvalue weighted by Crippen LogP contribution is -2.20. The van der Waals surface area contributed by atoms with Gasteiger partial charge in [0.2, 0.25) is 5.75 Å². The van der Waals surface area contributed by atoms with Crippen molar-refractivity contribution < 1.29 is 44.9 Å². The van der Waals surface area contributed by atoms with Crippen LogP contribution in [0.3, 0.4) is 0 Å². The molecular weight excluding hydrogens is 520 g/mol. The van der Waals surface area contributed by atoms with E-state index < -0.39 is 32.8 Å². The smallest absolute Gasteiger partial charge is 0.489 e. The van der Waals surface area contributed by atoms with E-state index in [1.807, 2.05) is 4.72 Å². The number of sulfonamides is 1. The van der Waals surface area contributed by atoms with Gasteiger partial charge >= 0.3 is 6.36 Å². The molecule has 0 fully saturated rings. The average Bonchev–Trinajstić information content (AvgIpc) is 2.84. The number of halogens is 4. The molecule has 8 nitrogen and oxygen atoms in total. The van der Waals surface area contributed by atoms with Gasteiger partial charge < -0.3 is 18.9 Å². The molecule has 4 rings (SSSR count). The van der Waals surface area contributed by atoms with E-state index in [1.54, 1.807) is 24.3 Å². The number of hydrogen-bond acceptors (Lipinski definition) is 7. The SMILES string of the molecule is COc1nc2ccccc2c(Oc2ccc(NS(=O)(=O)c3ccccc3OC(F)(F)F)cc2F)c1OC. The number of anilines is 1. The van der Waals surface area contributed by atoms with Gasteiger partial charge in [0.1, 0.15) is 10.6 Å². The lowest BCUT2D eigenvalue weighted by molar-refractivity contribution is -0.275. The molecular formula is C24H18F4N2O6S. The van der Waals surface area contributed by atoms with Gasteiger partial charge in [0.15, 0.2) is 17.3 Å². The van der Waals surface area contributed by atoms with E-state index in [0.29, 0.717) is 10.9 Å². The zero-order chi connectivity index (χ0) is 26.8. The molecule has 37 heavy (non-hydrogen) atoms. The summed E-state index contributed by atoms with van der Waals surface area (Å²) in [5.41, 5.74) is 0.218. The van der Waals surface area contributed by atoms with Crippen LogP contribution in [0.5, 0.6) is 28.9 Å². The number of alkyl halides is 3. The van der Waals surface area contributed by atoms with E-state index in [9.17, 15) is 21.6 Å². The summed E-state index contributed by atoms with van der Waals surface area (Å²) in [6.07, 6.45) is -5.11. The summed E-state index contributed by atoms with van der Waals surface area (Å²) in [4.78, 5) is 3.54. The number of hydrogen-bond donors (Lipinski definition) is 1. The highest BCUT2D eigenvalue weighted by molar-refractivity contribution is 7.92. The van der Waals surface area contributed by atoms with Crippen molar-refractivity contribution in [3.63, 3.8) is 0 Å². The van der Waals surface area contributed by atoms with Crippen molar-refractivity contribution in [3.8, 4) is 28.9 Å². The Morgan fingerprint density at radius 2 is 1.57 bits per heavy atom. The summed E-state index contributed by atoms with van der Waals surface area (Å²) in [5.74, 6) is -1.89. The van der Waals surface area contributed by atoms with Gasteiger partial charge in [-0.2, -0.15) is 0 Å². The molecule has 3 aromatic carbocycles. The molecule has 0 aliphatic rings. The molecule has 0 aliphatic heterocycles. The molecule has 13 heteroatoms. The summed E-state index contributed by atoms with van der Waals surface area (Å²) < 4.78 is 101. The molecule has 1 N–H and O–H groups in total. The molecule has 1 heterocycles. The number of fused-ring (bicyclic) bond motifs is 1. The summed E-state index contributed by atoms with van der Waals surface area (Å²) >= 11 is 0. The first-order valence-corrected chi connectivity index (χ1v) is 11.9. The van der Waals surface area contributed by atoms with Crippen LogP contribution < -0.4 is 23.7 Å². The van der Waals surface area contributed by atoms with Crippen LogP contribution in [0.15, 0.2) is 71.6 Å². The van der Waals surface area contributed by atoms with Gasteiger partial charge in [-0.1, -0.05) is 24.3 Å². The van der Waals surface area contributed by atoms with Gasteiger partial charge in [0, 0.05) is 11.5 Å². The Labute approximate surface area is 208 Å². The van der Waals surface area contributed by atoms with Crippen molar-refractivity contribution in [2.24, 2.45) is 0 Å². The van der Waals surface area contributed by atoms with Gasteiger partial charge in [-0.25, -0.2) is 17.8 Å². The Morgan fingerprint density at radius 3 is 2.24 bits per heavy atom. The normalized spacial score (nSPS) is 11.7. The summed E-state index contributed by atoms with van der Waals surface area (Å²) in [7, 11) is -1.85. The predicted octanol–water partition coefficient (Wildman–Crippen LogP) is 5.88. The average molecular weight is 538 g/mol. The van der Waals surface area contributed by atoms with E-state index in [2.05, 4.69) is 9.72 Å². The fourth-order valence-electron chi connectivity index (χ4n) is 3.41. The Hall–Kier alpha value is -4.26. The van der Waals surface area contributed by atoms with E-state index in [-0.39, 0.29) is 28.8 Å². The van der Waals surface area contributed by atoms with Crippen LogP contribution >= 0.6 is 0 Å². The van der Waals surface area contributed by atoms with Crippen molar-refractivity contribution >= 4 is 26.6 Å². The molecule has 0 amide bonds. The van der Waals surface area contributed by atoms with Crippen LogP contribution in [0.25, 0.3) is 10.9 Å². The number of aromatic nitrogens is 1. The molecule has 0 bridgehead atoms. The number of rotatable bonds is 8. The molecule has 0 spiro atoms. The van der Waals surface area contributed by atoms with Crippen molar-refractivity contribution in [2.45, 2.75) is 11.3 Å². The van der Waals surface area contributed by atoms with E-state index >= 15 is 4.39 Å². The first-order valence-electron chi connectivity index (χ1n) is 10.4. The summed E-state index contributed by atoms with van der Waals surface area (Å²) in [6, 6.07) is 14.1. The maximum atomic E-state index is 15.0. The molecule has 1 aromatic heterocycles. The third-order valence-electron chi connectivity index (χ3n) is 4.93. The minimum atomic E-state index is -5.11. The highest BCUT2D eigenvalue weighted by atomic mass is 32.2. The number of methoxy groups -OCH3 is 2. The quantitative estimate of drug-likeness (QED) is 0.280. The molecule has 0 radical (unpaired) electrons. The third kappa shape index (κ3) is 5.61. The molecule has 0 unspecified atom stereocenters. The molecule has 0 atom stereocenters. The van der Waals surface area contributed by atoms with Gasteiger partial charge in [0.25, 0.3) is 15.9 Å². The zero-order valence-corrected chi connectivity index (χ0v) is 20.0. The van der Waals surface area contributed by atoms with Crippen LogP contribution in [0.4, 0.5) is 23.2 Å². The van der Waals surface area contributed by atoms with Gasteiger partial charge in [-0.3, -0.25) is 4.72 Å². The number of pyridine rings is 1. The fraction of sp³-hybridized carbons (Fsp3) is 0.125. The minimum absolute atomic E-state index is 0.0979. The second kappa shape index (κ2) is 10.0. The van der Waals surface area contributed by atoms with Crippen molar-refractivity contribution in [1.82, 2.24) is 4.98 Å². The van der Waals surface area contributed by atoms with Crippen molar-refractivity contribution in [3.05, 3.63) is 72.5 Å². The third-order valence-corrected chi connectivity index (χ3v) is 6.35. The Kier molecular flexibility index (Phi) is 6.99. The molecule has 194 valence electrons. The maximum Gasteiger partial charge on any atom is 0.573 e. The Morgan fingerprint density at radius 1 is 0.865 bits per heavy atom.